The smallest absolute Gasteiger partial charge is 0.325 e. The summed E-state index contributed by atoms with van der Waals surface area (Å²) in [6.45, 7) is 6.33. The maximum absolute atomic E-state index is 11.7. The van der Waals surface area contributed by atoms with Crippen LogP contribution in [0.25, 0.3) is 0 Å². The molecule has 1 N–H and O–H groups in total. The number of carbonyl (C=O) groups is 1. The molecule has 106 valence electrons. The first-order valence-corrected chi connectivity index (χ1v) is 6.90. The largest absolute Gasteiger partial charge is 0.468 e. The second kappa shape index (κ2) is 7.10. The molecule has 0 spiro atoms. The first kappa shape index (κ1) is 15.4. The predicted molar refractivity (Wildman–Crippen MR) is 71.5 cm³/mol. The van der Waals surface area contributed by atoms with Crippen LogP contribution in [0.2, 0.25) is 0 Å². The van der Waals surface area contributed by atoms with Crippen molar-refractivity contribution in [2.24, 2.45) is 0 Å². The number of hydrogen-bond acceptors (Lipinski definition) is 4. The Bertz CT molecular complexity index is 254. The molecule has 0 saturated heterocycles. The third-order valence-corrected chi connectivity index (χ3v) is 3.21. The van der Waals surface area contributed by atoms with Crippen LogP contribution in [0.5, 0.6) is 0 Å². The van der Waals surface area contributed by atoms with Crippen molar-refractivity contribution in [1.29, 1.82) is 0 Å². The second-order valence-corrected chi connectivity index (χ2v) is 6.00. The van der Waals surface area contributed by atoms with E-state index in [0.29, 0.717) is 12.6 Å². The standard InChI is InChI=1S/C14H27NO3/c1-14(2,3)18-10-12(13(16)17-4)15-11-8-6-5-7-9-11/h11-12,15H,5-10H2,1-4H3. The molecule has 1 fully saturated rings. The van der Waals surface area contributed by atoms with E-state index in [0.717, 1.165) is 12.8 Å². The molecular weight excluding hydrogens is 230 g/mol. The van der Waals surface area contributed by atoms with E-state index in [2.05, 4.69) is 5.32 Å². The molecule has 18 heavy (non-hydrogen) atoms. The minimum absolute atomic E-state index is 0.232. The Labute approximate surface area is 110 Å². The highest BCUT2D eigenvalue weighted by Gasteiger charge is 2.26. The lowest BCUT2D eigenvalue weighted by atomic mass is 9.95. The molecule has 0 aromatic rings. The molecule has 1 unspecified atom stereocenters. The van der Waals surface area contributed by atoms with Gasteiger partial charge < -0.3 is 9.47 Å². The van der Waals surface area contributed by atoms with Crippen LogP contribution in [0.4, 0.5) is 0 Å². The van der Waals surface area contributed by atoms with E-state index in [1.807, 2.05) is 20.8 Å². The monoisotopic (exact) mass is 257 g/mol. The van der Waals surface area contributed by atoms with Gasteiger partial charge in [-0.2, -0.15) is 0 Å². The lowest BCUT2D eigenvalue weighted by Gasteiger charge is -2.29. The summed E-state index contributed by atoms with van der Waals surface area (Å²) < 4.78 is 10.5. The molecule has 0 amide bonds. The summed E-state index contributed by atoms with van der Waals surface area (Å²) in [7, 11) is 1.43. The average molecular weight is 257 g/mol. The Morgan fingerprint density at radius 1 is 1.28 bits per heavy atom. The molecule has 0 radical (unpaired) electrons. The molecule has 4 heteroatoms. The molecule has 1 aliphatic rings. The van der Waals surface area contributed by atoms with E-state index in [9.17, 15) is 4.79 Å². The summed E-state index contributed by atoms with van der Waals surface area (Å²) in [4.78, 5) is 11.7. The van der Waals surface area contributed by atoms with Gasteiger partial charge in [-0.1, -0.05) is 19.3 Å². The number of rotatable bonds is 5. The van der Waals surface area contributed by atoms with Crippen LogP contribution in [0.1, 0.15) is 52.9 Å². The second-order valence-electron chi connectivity index (χ2n) is 6.00. The van der Waals surface area contributed by atoms with Crippen LogP contribution in [0, 0.1) is 0 Å². The Kier molecular flexibility index (Phi) is 6.09. The molecule has 0 heterocycles. The normalized spacial score (nSPS) is 19.6. The number of ether oxygens (including phenoxy) is 2. The van der Waals surface area contributed by atoms with Crippen LogP contribution in [-0.4, -0.2) is 37.4 Å². The summed E-state index contributed by atoms with van der Waals surface area (Å²) in [5.41, 5.74) is -0.236. The highest BCUT2D eigenvalue weighted by atomic mass is 16.5. The Hall–Kier alpha value is -0.610. The Morgan fingerprint density at radius 3 is 2.39 bits per heavy atom. The number of nitrogens with one attached hydrogen (secondary N) is 1. The van der Waals surface area contributed by atoms with Gasteiger partial charge in [-0.15, -0.1) is 0 Å². The van der Waals surface area contributed by atoms with Gasteiger partial charge >= 0.3 is 5.97 Å². The molecule has 4 nitrogen and oxygen atoms in total. The van der Waals surface area contributed by atoms with Crippen molar-refractivity contribution in [3.8, 4) is 0 Å². The third-order valence-electron chi connectivity index (χ3n) is 3.21. The highest BCUT2D eigenvalue weighted by molar-refractivity contribution is 5.75. The average Bonchev–Trinajstić information content (AvgIpc) is 2.33. The molecular formula is C14H27NO3. The van der Waals surface area contributed by atoms with Gasteiger partial charge in [-0.05, 0) is 33.6 Å². The summed E-state index contributed by atoms with van der Waals surface area (Å²) in [6.07, 6.45) is 6.07. The fourth-order valence-electron chi connectivity index (χ4n) is 2.21. The Morgan fingerprint density at radius 2 is 1.89 bits per heavy atom. The van der Waals surface area contributed by atoms with Gasteiger partial charge in [-0.25, -0.2) is 0 Å². The molecule has 0 bridgehead atoms. The van der Waals surface area contributed by atoms with Crippen molar-refractivity contribution >= 4 is 5.97 Å². The van der Waals surface area contributed by atoms with Gasteiger partial charge in [0.15, 0.2) is 0 Å². The quantitative estimate of drug-likeness (QED) is 0.768. The molecule has 0 aromatic heterocycles. The van der Waals surface area contributed by atoms with E-state index in [4.69, 9.17) is 9.47 Å². The van der Waals surface area contributed by atoms with E-state index < -0.39 is 0 Å². The van der Waals surface area contributed by atoms with Crippen molar-refractivity contribution in [3.63, 3.8) is 0 Å². The molecule has 0 aliphatic heterocycles. The first-order chi connectivity index (χ1) is 8.42. The summed E-state index contributed by atoms with van der Waals surface area (Å²) in [5, 5.41) is 3.38. The molecule has 1 atom stereocenters. The zero-order valence-electron chi connectivity index (χ0n) is 12.1. The number of esters is 1. The zero-order chi connectivity index (χ0) is 13.6. The fraction of sp³-hybridized carbons (Fsp3) is 0.929. The van der Waals surface area contributed by atoms with E-state index in [1.54, 1.807) is 0 Å². The Balaban J connectivity index is 2.46. The van der Waals surface area contributed by atoms with Crippen LogP contribution in [0.15, 0.2) is 0 Å². The molecule has 0 aromatic carbocycles. The van der Waals surface area contributed by atoms with Crippen LogP contribution >= 0.6 is 0 Å². The van der Waals surface area contributed by atoms with Gasteiger partial charge in [-0.3, -0.25) is 10.1 Å². The minimum Gasteiger partial charge on any atom is -0.468 e. The van der Waals surface area contributed by atoms with Gasteiger partial charge in [0.2, 0.25) is 0 Å². The van der Waals surface area contributed by atoms with Gasteiger partial charge in [0.05, 0.1) is 19.3 Å². The highest BCUT2D eigenvalue weighted by Crippen LogP contribution is 2.18. The SMILES string of the molecule is COC(=O)C(COC(C)(C)C)NC1CCCCC1. The van der Waals surface area contributed by atoms with Gasteiger partial charge in [0.25, 0.3) is 0 Å². The minimum atomic E-state index is -0.350. The van der Waals surface area contributed by atoms with Gasteiger partial charge in [0.1, 0.15) is 6.04 Å². The van der Waals surface area contributed by atoms with E-state index in [-0.39, 0.29) is 17.6 Å². The van der Waals surface area contributed by atoms with E-state index in [1.165, 1.54) is 26.4 Å². The van der Waals surface area contributed by atoms with Crippen molar-refractivity contribution in [2.45, 2.75) is 70.6 Å². The van der Waals surface area contributed by atoms with Crippen molar-refractivity contribution in [1.82, 2.24) is 5.32 Å². The van der Waals surface area contributed by atoms with Crippen molar-refractivity contribution < 1.29 is 14.3 Å². The number of methoxy groups -OCH3 is 1. The van der Waals surface area contributed by atoms with Crippen molar-refractivity contribution in [2.75, 3.05) is 13.7 Å². The third kappa shape index (κ3) is 5.83. The molecule has 1 rings (SSSR count). The number of carbonyl (C=O) groups excluding carboxylic acids is 1. The van der Waals surface area contributed by atoms with Crippen LogP contribution < -0.4 is 5.32 Å². The lowest BCUT2D eigenvalue weighted by molar-refractivity contribution is -0.146. The summed E-state index contributed by atoms with van der Waals surface area (Å²) >= 11 is 0. The molecule has 1 aliphatic carbocycles. The van der Waals surface area contributed by atoms with Crippen LogP contribution in [0.3, 0.4) is 0 Å². The summed E-state index contributed by atoms with van der Waals surface area (Å²) in [6, 6.07) is 0.0729. The van der Waals surface area contributed by atoms with E-state index >= 15 is 0 Å². The predicted octanol–water partition coefficient (Wildman–Crippen LogP) is 2.27. The number of hydrogen-bond donors (Lipinski definition) is 1. The fourth-order valence-corrected chi connectivity index (χ4v) is 2.21. The van der Waals surface area contributed by atoms with Crippen LogP contribution in [-0.2, 0) is 14.3 Å². The van der Waals surface area contributed by atoms with Gasteiger partial charge in [0, 0.05) is 6.04 Å². The maximum Gasteiger partial charge on any atom is 0.325 e. The first-order valence-electron chi connectivity index (χ1n) is 6.90. The maximum atomic E-state index is 11.7. The zero-order valence-corrected chi connectivity index (χ0v) is 12.1. The topological polar surface area (TPSA) is 47.6 Å². The molecule has 1 saturated carbocycles. The lowest BCUT2D eigenvalue weighted by Crippen LogP contribution is -2.48. The van der Waals surface area contributed by atoms with Crippen molar-refractivity contribution in [3.05, 3.63) is 0 Å². The summed E-state index contributed by atoms with van der Waals surface area (Å²) in [5.74, 6) is -0.232.